The molecule has 0 aliphatic carbocycles. The van der Waals surface area contributed by atoms with Gasteiger partial charge in [-0.15, -0.1) is 0 Å². The Morgan fingerprint density at radius 3 is 2.07 bits per heavy atom. The predicted molar refractivity (Wildman–Crippen MR) is 97.8 cm³/mol. The van der Waals surface area contributed by atoms with E-state index >= 15 is 0 Å². The van der Waals surface area contributed by atoms with Crippen LogP contribution in [0.1, 0.15) is 5.56 Å². The number of carboxylic acid groups (broad SMARTS) is 1. The van der Waals surface area contributed by atoms with Crippen molar-refractivity contribution >= 4 is 29.6 Å². The normalized spacial score (nSPS) is 11.0. The van der Waals surface area contributed by atoms with Crippen LogP contribution in [0.5, 0.6) is 0 Å². The summed E-state index contributed by atoms with van der Waals surface area (Å²) in [5, 5.41) is 17.7. The summed E-state index contributed by atoms with van der Waals surface area (Å²) < 4.78 is 0. The van der Waals surface area contributed by atoms with Crippen LogP contribution in [0.15, 0.2) is 30.3 Å². The highest BCUT2D eigenvalue weighted by molar-refractivity contribution is 5.92. The predicted octanol–water partition coefficient (Wildman–Crippen LogP) is -2.89. The molecule has 7 N–H and O–H groups in total. The smallest absolute Gasteiger partial charge is 0.322 e. The van der Waals surface area contributed by atoms with E-state index in [0.29, 0.717) is 0 Å². The van der Waals surface area contributed by atoms with Gasteiger partial charge in [0.05, 0.1) is 19.6 Å². The molecule has 11 nitrogen and oxygen atoms in total. The molecule has 4 amide bonds. The van der Waals surface area contributed by atoms with Gasteiger partial charge in [-0.05, 0) is 5.56 Å². The van der Waals surface area contributed by atoms with E-state index in [1.807, 2.05) is 0 Å². The van der Waals surface area contributed by atoms with Crippen LogP contribution < -0.4 is 27.0 Å². The third kappa shape index (κ3) is 9.29. The lowest BCUT2D eigenvalue weighted by molar-refractivity contribution is -0.138. The number of hydrogen-bond donors (Lipinski definition) is 6. The molecule has 152 valence electrons. The average molecular weight is 393 g/mol. The zero-order valence-electron chi connectivity index (χ0n) is 15.1. The van der Waals surface area contributed by atoms with E-state index in [2.05, 4.69) is 21.3 Å². The highest BCUT2D eigenvalue weighted by Gasteiger charge is 2.22. The Morgan fingerprint density at radius 1 is 0.857 bits per heavy atom. The molecule has 1 rings (SSSR count). The summed E-state index contributed by atoms with van der Waals surface area (Å²) in [6.45, 7) is -1.64. The van der Waals surface area contributed by atoms with Crippen LogP contribution in [0.2, 0.25) is 0 Å². The number of carbonyl (C=O) groups excluding carboxylic acids is 4. The molecule has 28 heavy (non-hydrogen) atoms. The number of benzene rings is 1. The number of carboxylic acids is 1. The van der Waals surface area contributed by atoms with Gasteiger partial charge < -0.3 is 32.1 Å². The summed E-state index contributed by atoms with van der Waals surface area (Å²) in [7, 11) is 0. The van der Waals surface area contributed by atoms with Crippen LogP contribution in [-0.2, 0) is 30.4 Å². The molecule has 0 aliphatic heterocycles. The molecular formula is C17H23N5O6. The van der Waals surface area contributed by atoms with Gasteiger partial charge in [0.1, 0.15) is 12.6 Å². The first-order chi connectivity index (χ1) is 13.3. The number of amides is 4. The molecule has 0 radical (unpaired) electrons. The molecule has 0 heterocycles. The van der Waals surface area contributed by atoms with Gasteiger partial charge in [-0.1, -0.05) is 30.3 Å². The highest BCUT2D eigenvalue weighted by Crippen LogP contribution is 2.03. The molecule has 0 saturated carbocycles. The van der Waals surface area contributed by atoms with E-state index in [1.165, 1.54) is 0 Å². The van der Waals surface area contributed by atoms with E-state index < -0.39 is 48.7 Å². The topological polar surface area (TPSA) is 180 Å². The maximum atomic E-state index is 12.4. The van der Waals surface area contributed by atoms with E-state index in [9.17, 15) is 24.0 Å². The van der Waals surface area contributed by atoms with Crippen molar-refractivity contribution in [2.75, 3.05) is 26.2 Å². The zero-order chi connectivity index (χ0) is 20.9. The summed E-state index contributed by atoms with van der Waals surface area (Å²) in [4.78, 5) is 57.5. The first-order valence-electron chi connectivity index (χ1n) is 8.38. The molecule has 1 unspecified atom stereocenters. The highest BCUT2D eigenvalue weighted by atomic mass is 16.4. The van der Waals surface area contributed by atoms with Crippen LogP contribution in [0.25, 0.3) is 0 Å². The van der Waals surface area contributed by atoms with Crippen molar-refractivity contribution in [1.29, 1.82) is 0 Å². The molecule has 0 aromatic heterocycles. The zero-order valence-corrected chi connectivity index (χ0v) is 15.1. The van der Waals surface area contributed by atoms with E-state index in [-0.39, 0.29) is 19.5 Å². The van der Waals surface area contributed by atoms with Gasteiger partial charge in [-0.2, -0.15) is 0 Å². The number of carbonyl (C=O) groups is 5. The summed E-state index contributed by atoms with van der Waals surface area (Å²) in [5.41, 5.74) is 5.91. The number of nitrogens with one attached hydrogen (secondary N) is 4. The van der Waals surface area contributed by atoms with Gasteiger partial charge in [0.15, 0.2) is 0 Å². The van der Waals surface area contributed by atoms with E-state index in [4.69, 9.17) is 10.8 Å². The fourth-order valence-electron chi connectivity index (χ4n) is 2.08. The van der Waals surface area contributed by atoms with Gasteiger partial charge in [-0.3, -0.25) is 24.0 Å². The molecule has 1 atom stereocenters. The average Bonchev–Trinajstić information content (AvgIpc) is 2.68. The fourth-order valence-corrected chi connectivity index (χ4v) is 2.08. The standard InChI is InChI=1S/C17H23N5O6/c18-7-13(23)19-9-15(25)22-12(6-11-4-2-1-3-5-11)17(28)21-8-14(24)20-10-16(26)27/h1-5,12H,6-10,18H2,(H,19,23)(H,20,24)(H,21,28)(H,22,25)(H,26,27). The number of rotatable bonds is 11. The lowest BCUT2D eigenvalue weighted by atomic mass is 10.1. The van der Waals surface area contributed by atoms with Crippen molar-refractivity contribution < 1.29 is 29.1 Å². The maximum absolute atomic E-state index is 12.4. The minimum absolute atomic E-state index is 0.153. The van der Waals surface area contributed by atoms with E-state index in [1.54, 1.807) is 30.3 Å². The molecule has 0 fully saturated rings. The van der Waals surface area contributed by atoms with Crippen molar-refractivity contribution in [2.45, 2.75) is 12.5 Å². The van der Waals surface area contributed by atoms with Crippen molar-refractivity contribution in [2.24, 2.45) is 5.73 Å². The Labute approximate surface area is 161 Å². The summed E-state index contributed by atoms with van der Waals surface area (Å²) in [6, 6.07) is 7.87. The lowest BCUT2D eigenvalue weighted by Crippen LogP contribution is -2.52. The second kappa shape index (κ2) is 12.0. The minimum atomic E-state index is -1.21. The van der Waals surface area contributed by atoms with Crippen molar-refractivity contribution in [3.8, 4) is 0 Å². The van der Waals surface area contributed by atoms with Crippen LogP contribution in [0.4, 0.5) is 0 Å². The number of aliphatic carboxylic acids is 1. The lowest BCUT2D eigenvalue weighted by Gasteiger charge is -2.19. The molecule has 0 saturated heterocycles. The molecule has 0 bridgehead atoms. The Balaban J connectivity index is 2.66. The first kappa shape index (κ1) is 22.6. The van der Waals surface area contributed by atoms with Gasteiger partial charge in [0, 0.05) is 6.42 Å². The van der Waals surface area contributed by atoms with Crippen molar-refractivity contribution in [3.05, 3.63) is 35.9 Å². The minimum Gasteiger partial charge on any atom is -0.480 e. The second-order valence-corrected chi connectivity index (χ2v) is 5.68. The third-order valence-corrected chi connectivity index (χ3v) is 3.43. The maximum Gasteiger partial charge on any atom is 0.322 e. The molecule has 0 aliphatic rings. The van der Waals surface area contributed by atoms with E-state index in [0.717, 1.165) is 5.56 Å². The number of nitrogens with two attached hydrogens (primary N) is 1. The summed E-state index contributed by atoms with van der Waals surface area (Å²) in [6.07, 6.45) is 0.153. The molecule has 11 heteroatoms. The van der Waals surface area contributed by atoms with Crippen LogP contribution in [0, 0.1) is 0 Å². The van der Waals surface area contributed by atoms with Crippen molar-refractivity contribution in [1.82, 2.24) is 21.3 Å². The Morgan fingerprint density at radius 2 is 1.46 bits per heavy atom. The fraction of sp³-hybridized carbons (Fsp3) is 0.353. The van der Waals surface area contributed by atoms with Crippen LogP contribution >= 0.6 is 0 Å². The van der Waals surface area contributed by atoms with Crippen LogP contribution in [0.3, 0.4) is 0 Å². The Bertz CT molecular complexity index is 709. The molecular weight excluding hydrogens is 370 g/mol. The number of hydrogen-bond acceptors (Lipinski definition) is 6. The van der Waals surface area contributed by atoms with Gasteiger partial charge in [0.25, 0.3) is 0 Å². The molecule has 1 aromatic carbocycles. The summed E-state index contributed by atoms with van der Waals surface area (Å²) in [5.74, 6) is -3.65. The Kier molecular flexibility index (Phi) is 9.68. The first-order valence-corrected chi connectivity index (χ1v) is 8.38. The Hall–Kier alpha value is -3.47. The second-order valence-electron chi connectivity index (χ2n) is 5.68. The third-order valence-electron chi connectivity index (χ3n) is 3.43. The van der Waals surface area contributed by atoms with Crippen LogP contribution in [-0.4, -0.2) is 66.9 Å². The molecule has 1 aromatic rings. The SMILES string of the molecule is NCC(=O)NCC(=O)NC(Cc1ccccc1)C(=O)NCC(=O)NCC(=O)O. The van der Waals surface area contributed by atoms with Gasteiger partial charge in [0.2, 0.25) is 23.6 Å². The van der Waals surface area contributed by atoms with Gasteiger partial charge in [-0.25, -0.2) is 0 Å². The van der Waals surface area contributed by atoms with Crippen molar-refractivity contribution in [3.63, 3.8) is 0 Å². The monoisotopic (exact) mass is 393 g/mol. The molecule has 0 spiro atoms. The van der Waals surface area contributed by atoms with Gasteiger partial charge >= 0.3 is 5.97 Å². The summed E-state index contributed by atoms with van der Waals surface area (Å²) >= 11 is 0. The quantitative estimate of drug-likeness (QED) is 0.233. The largest absolute Gasteiger partial charge is 0.480 e.